The van der Waals surface area contributed by atoms with Crippen LogP contribution in [0.15, 0.2) is 18.2 Å². The van der Waals surface area contributed by atoms with Gasteiger partial charge in [-0.1, -0.05) is 12.1 Å². The van der Waals surface area contributed by atoms with Gasteiger partial charge < -0.3 is 9.84 Å². The van der Waals surface area contributed by atoms with Gasteiger partial charge in [0.05, 0.1) is 5.92 Å². The van der Waals surface area contributed by atoms with Gasteiger partial charge in [-0.05, 0) is 37.2 Å². The average molecular weight is 230 g/mol. The van der Waals surface area contributed by atoms with E-state index in [9.17, 15) is 9.90 Å². The Morgan fingerprint density at radius 3 is 2.94 bits per heavy atom. The molecule has 4 unspecified atom stereocenters. The zero-order valence-electron chi connectivity index (χ0n) is 9.43. The van der Waals surface area contributed by atoms with Crippen LogP contribution in [0.3, 0.4) is 0 Å². The Morgan fingerprint density at radius 1 is 1.29 bits per heavy atom. The van der Waals surface area contributed by atoms with Crippen LogP contribution in [-0.4, -0.2) is 11.1 Å². The van der Waals surface area contributed by atoms with Crippen LogP contribution in [0, 0.1) is 17.8 Å². The lowest BCUT2D eigenvalue weighted by molar-refractivity contribution is -0.144. The third-order valence-electron chi connectivity index (χ3n) is 4.74. The number of benzene rings is 1. The molecule has 3 nitrogen and oxygen atoms in total. The minimum Gasteiger partial charge on any atom is -0.481 e. The van der Waals surface area contributed by atoms with Gasteiger partial charge >= 0.3 is 5.97 Å². The Bertz CT molecular complexity index is 508. The number of hydrogen-bond donors (Lipinski definition) is 1. The topological polar surface area (TPSA) is 49.8 Å². The maximum Gasteiger partial charge on any atom is 0.307 e. The van der Waals surface area contributed by atoms with E-state index in [0.29, 0.717) is 11.8 Å². The molecule has 1 aliphatic heterocycles. The summed E-state index contributed by atoms with van der Waals surface area (Å²) in [6.07, 6.45) is 3.36. The number of hydrogen-bond acceptors (Lipinski definition) is 2. The number of ether oxygens (including phenoxy) is 1. The SMILES string of the molecule is O=C(O)C1C2CCC(C2)C1c1cccc2c1O2. The molecule has 3 aliphatic rings. The molecule has 1 heterocycles. The smallest absolute Gasteiger partial charge is 0.307 e. The average Bonchev–Trinajstić information content (AvgIpc) is 2.83. The van der Waals surface area contributed by atoms with Gasteiger partial charge in [0.1, 0.15) is 0 Å². The highest BCUT2D eigenvalue weighted by atomic mass is 16.6. The molecule has 2 aliphatic carbocycles. The molecule has 0 saturated heterocycles. The summed E-state index contributed by atoms with van der Waals surface area (Å²) < 4.78 is 5.42. The van der Waals surface area contributed by atoms with Crippen LogP contribution >= 0.6 is 0 Å². The summed E-state index contributed by atoms with van der Waals surface area (Å²) in [5.74, 6) is 2.20. The van der Waals surface area contributed by atoms with Crippen molar-refractivity contribution in [3.8, 4) is 11.5 Å². The molecular weight excluding hydrogens is 216 g/mol. The van der Waals surface area contributed by atoms with Gasteiger partial charge in [0.15, 0.2) is 11.5 Å². The second kappa shape index (κ2) is 3.03. The molecule has 88 valence electrons. The molecule has 1 aromatic rings. The molecule has 0 spiro atoms. The number of carbonyl (C=O) groups is 1. The fraction of sp³-hybridized carbons (Fsp3) is 0.500. The van der Waals surface area contributed by atoms with Gasteiger partial charge in [0.2, 0.25) is 0 Å². The third kappa shape index (κ3) is 1.20. The number of fused-ring (bicyclic) bond motifs is 3. The highest BCUT2D eigenvalue weighted by Gasteiger charge is 2.53. The van der Waals surface area contributed by atoms with Gasteiger partial charge in [-0.2, -0.15) is 0 Å². The summed E-state index contributed by atoms with van der Waals surface area (Å²) in [5, 5.41) is 9.43. The summed E-state index contributed by atoms with van der Waals surface area (Å²) >= 11 is 0. The van der Waals surface area contributed by atoms with Crippen molar-refractivity contribution in [3.63, 3.8) is 0 Å². The van der Waals surface area contributed by atoms with Crippen LogP contribution in [-0.2, 0) is 4.79 Å². The first-order valence-electron chi connectivity index (χ1n) is 6.29. The van der Waals surface area contributed by atoms with Crippen LogP contribution < -0.4 is 4.74 Å². The fourth-order valence-corrected chi connectivity index (χ4v) is 4.07. The normalized spacial score (nSPS) is 36.5. The molecule has 2 fully saturated rings. The molecule has 0 amide bonds. The molecule has 2 saturated carbocycles. The van der Waals surface area contributed by atoms with E-state index in [-0.39, 0.29) is 11.8 Å². The zero-order chi connectivity index (χ0) is 11.6. The largest absolute Gasteiger partial charge is 0.481 e. The predicted molar refractivity (Wildman–Crippen MR) is 61.2 cm³/mol. The van der Waals surface area contributed by atoms with E-state index in [1.54, 1.807) is 0 Å². The maximum absolute atomic E-state index is 11.5. The lowest BCUT2D eigenvalue weighted by Gasteiger charge is -2.27. The molecule has 3 heteroatoms. The zero-order valence-corrected chi connectivity index (χ0v) is 9.43. The molecule has 1 N–H and O–H groups in total. The van der Waals surface area contributed by atoms with E-state index in [0.717, 1.165) is 29.9 Å². The summed E-state index contributed by atoms with van der Waals surface area (Å²) in [7, 11) is 0. The maximum atomic E-state index is 11.5. The van der Waals surface area contributed by atoms with Crippen molar-refractivity contribution in [1.29, 1.82) is 0 Å². The van der Waals surface area contributed by atoms with E-state index in [1.165, 1.54) is 6.42 Å². The van der Waals surface area contributed by atoms with Gasteiger partial charge in [0, 0.05) is 11.5 Å². The Kier molecular flexibility index (Phi) is 1.70. The first-order valence-corrected chi connectivity index (χ1v) is 6.29. The van der Waals surface area contributed by atoms with Gasteiger partial charge in [-0.15, -0.1) is 0 Å². The van der Waals surface area contributed by atoms with Crippen LogP contribution in [0.5, 0.6) is 11.5 Å². The van der Waals surface area contributed by atoms with Crippen molar-refractivity contribution < 1.29 is 14.6 Å². The summed E-state index contributed by atoms with van der Waals surface area (Å²) in [4.78, 5) is 11.5. The first-order chi connectivity index (χ1) is 8.25. The highest BCUT2D eigenvalue weighted by Crippen LogP contribution is 2.61. The second-order valence-corrected chi connectivity index (χ2v) is 5.50. The lowest BCUT2D eigenvalue weighted by atomic mass is 9.75. The number of aliphatic carboxylic acids is 1. The van der Waals surface area contributed by atoms with E-state index in [1.807, 2.05) is 18.2 Å². The molecule has 4 atom stereocenters. The second-order valence-electron chi connectivity index (χ2n) is 5.50. The van der Waals surface area contributed by atoms with Crippen molar-refractivity contribution >= 4 is 5.97 Å². The Morgan fingerprint density at radius 2 is 2.12 bits per heavy atom. The molecule has 0 radical (unpaired) electrons. The van der Waals surface area contributed by atoms with Crippen LogP contribution in [0.2, 0.25) is 0 Å². The third-order valence-corrected chi connectivity index (χ3v) is 4.74. The molecule has 17 heavy (non-hydrogen) atoms. The minimum absolute atomic E-state index is 0.184. The highest BCUT2D eigenvalue weighted by molar-refractivity contribution is 5.74. The van der Waals surface area contributed by atoms with E-state index >= 15 is 0 Å². The number of para-hydroxylation sites is 1. The lowest BCUT2D eigenvalue weighted by Crippen LogP contribution is -2.27. The number of rotatable bonds is 2. The van der Waals surface area contributed by atoms with Crippen molar-refractivity contribution in [1.82, 2.24) is 0 Å². The van der Waals surface area contributed by atoms with Gasteiger partial charge in [-0.25, -0.2) is 0 Å². The van der Waals surface area contributed by atoms with E-state index < -0.39 is 5.97 Å². The number of carboxylic acids is 1. The van der Waals surface area contributed by atoms with Crippen molar-refractivity contribution in [2.24, 2.45) is 17.8 Å². The van der Waals surface area contributed by atoms with Gasteiger partial charge in [0.25, 0.3) is 0 Å². The summed E-state index contributed by atoms with van der Waals surface area (Å²) in [5.41, 5.74) is 1.14. The van der Waals surface area contributed by atoms with Crippen LogP contribution in [0.1, 0.15) is 30.7 Å². The molecule has 2 bridgehead atoms. The molecular formula is C14H14O3. The van der Waals surface area contributed by atoms with Gasteiger partial charge in [-0.3, -0.25) is 4.79 Å². The van der Waals surface area contributed by atoms with Crippen LogP contribution in [0.25, 0.3) is 0 Å². The first kappa shape index (κ1) is 9.51. The van der Waals surface area contributed by atoms with Crippen molar-refractivity contribution in [2.75, 3.05) is 0 Å². The standard InChI is InChI=1S/C14H14O3/c15-14(16)12-8-5-4-7(6-8)11(12)9-2-1-3-10-13(9)17-10/h1-3,7-8,11-12H,4-6H2,(H,15,16). The number of carboxylic acid groups (broad SMARTS) is 1. The monoisotopic (exact) mass is 230 g/mol. The van der Waals surface area contributed by atoms with Crippen LogP contribution in [0.4, 0.5) is 0 Å². The van der Waals surface area contributed by atoms with E-state index in [4.69, 9.17) is 4.74 Å². The molecule has 0 aromatic heterocycles. The Hall–Kier alpha value is -1.51. The van der Waals surface area contributed by atoms with Crippen molar-refractivity contribution in [3.05, 3.63) is 23.8 Å². The van der Waals surface area contributed by atoms with Crippen molar-refractivity contribution in [2.45, 2.75) is 25.2 Å². The summed E-state index contributed by atoms with van der Waals surface area (Å²) in [6, 6.07) is 5.97. The molecule has 1 aromatic carbocycles. The molecule has 4 rings (SSSR count). The minimum atomic E-state index is -0.625. The van der Waals surface area contributed by atoms with E-state index in [2.05, 4.69) is 0 Å². The fourth-order valence-electron chi connectivity index (χ4n) is 4.07. The predicted octanol–water partition coefficient (Wildman–Crippen LogP) is 3.01. The Labute approximate surface area is 99.4 Å². The quantitative estimate of drug-likeness (QED) is 0.807. The summed E-state index contributed by atoms with van der Waals surface area (Å²) in [6.45, 7) is 0. The Balaban J connectivity index is 1.78.